The number of halogens is 2. The van der Waals surface area contributed by atoms with Gasteiger partial charge in [0.1, 0.15) is 17.4 Å². The first-order valence-electron chi connectivity index (χ1n) is 7.57. The highest BCUT2D eigenvalue weighted by Gasteiger charge is 2.28. The first kappa shape index (κ1) is 16.4. The monoisotopic (exact) mass is 333 g/mol. The fourth-order valence-corrected chi connectivity index (χ4v) is 2.92. The number of ether oxygens (including phenoxy) is 1. The molecule has 0 bridgehead atoms. The molecular formula is C18H17F2NO3. The Morgan fingerprint density at radius 1 is 1.29 bits per heavy atom. The third-order valence-corrected chi connectivity index (χ3v) is 4.20. The molecular weight excluding hydrogens is 316 g/mol. The SMILES string of the molecule is COc1cccc(C(O)C(=O)N2CCc3c(F)cc(F)cc3C2)c1. The van der Waals surface area contributed by atoms with Gasteiger partial charge >= 0.3 is 0 Å². The third-order valence-electron chi connectivity index (χ3n) is 4.20. The molecule has 1 atom stereocenters. The van der Waals surface area contributed by atoms with Crippen LogP contribution in [0.3, 0.4) is 0 Å². The highest BCUT2D eigenvalue weighted by atomic mass is 19.1. The van der Waals surface area contributed by atoms with E-state index >= 15 is 0 Å². The van der Waals surface area contributed by atoms with Gasteiger partial charge in [-0.3, -0.25) is 4.79 Å². The molecule has 1 heterocycles. The van der Waals surface area contributed by atoms with Crippen LogP contribution in [0.5, 0.6) is 5.75 Å². The zero-order valence-electron chi connectivity index (χ0n) is 13.1. The maximum atomic E-state index is 13.8. The second-order valence-electron chi connectivity index (χ2n) is 5.71. The van der Waals surface area contributed by atoms with Crippen molar-refractivity contribution in [1.82, 2.24) is 4.90 Å². The van der Waals surface area contributed by atoms with Crippen LogP contribution in [0.4, 0.5) is 8.78 Å². The largest absolute Gasteiger partial charge is 0.497 e. The van der Waals surface area contributed by atoms with Gasteiger partial charge in [-0.25, -0.2) is 8.78 Å². The topological polar surface area (TPSA) is 49.8 Å². The van der Waals surface area contributed by atoms with Gasteiger partial charge in [-0.15, -0.1) is 0 Å². The molecule has 2 aromatic rings. The lowest BCUT2D eigenvalue weighted by atomic mass is 9.98. The van der Waals surface area contributed by atoms with Crippen LogP contribution < -0.4 is 4.74 Å². The Labute approximate surface area is 138 Å². The Morgan fingerprint density at radius 2 is 2.08 bits per heavy atom. The summed E-state index contributed by atoms with van der Waals surface area (Å²) in [6.45, 7) is 0.347. The van der Waals surface area contributed by atoms with Crippen molar-refractivity contribution in [2.45, 2.75) is 19.1 Å². The highest BCUT2D eigenvalue weighted by Crippen LogP contribution is 2.26. The molecule has 0 radical (unpaired) electrons. The molecule has 6 heteroatoms. The molecule has 2 aromatic carbocycles. The molecule has 1 aliphatic rings. The molecule has 0 aliphatic carbocycles. The second kappa shape index (κ2) is 6.57. The van der Waals surface area contributed by atoms with Gasteiger partial charge in [-0.2, -0.15) is 0 Å². The number of rotatable bonds is 3. The van der Waals surface area contributed by atoms with Gasteiger partial charge in [-0.05, 0) is 41.3 Å². The average molecular weight is 333 g/mol. The Morgan fingerprint density at radius 3 is 2.83 bits per heavy atom. The van der Waals surface area contributed by atoms with Crippen LogP contribution >= 0.6 is 0 Å². The molecule has 1 amide bonds. The fraction of sp³-hybridized carbons (Fsp3) is 0.278. The quantitative estimate of drug-likeness (QED) is 0.939. The van der Waals surface area contributed by atoms with E-state index in [2.05, 4.69) is 0 Å². The lowest BCUT2D eigenvalue weighted by molar-refractivity contribution is -0.141. The molecule has 1 unspecified atom stereocenters. The van der Waals surface area contributed by atoms with Crippen molar-refractivity contribution in [1.29, 1.82) is 0 Å². The maximum Gasteiger partial charge on any atom is 0.256 e. The summed E-state index contributed by atoms with van der Waals surface area (Å²) >= 11 is 0. The number of methoxy groups -OCH3 is 1. The van der Waals surface area contributed by atoms with Crippen LogP contribution in [0.2, 0.25) is 0 Å². The van der Waals surface area contributed by atoms with Gasteiger partial charge in [0, 0.05) is 19.2 Å². The number of carbonyl (C=O) groups excluding carboxylic acids is 1. The zero-order valence-corrected chi connectivity index (χ0v) is 13.1. The molecule has 3 rings (SSSR count). The normalized spacial score (nSPS) is 14.9. The summed E-state index contributed by atoms with van der Waals surface area (Å²) in [5.74, 6) is -1.23. The molecule has 4 nitrogen and oxygen atoms in total. The predicted molar refractivity (Wildman–Crippen MR) is 83.4 cm³/mol. The molecule has 0 fully saturated rings. The Bertz CT molecular complexity index is 779. The number of hydrogen-bond donors (Lipinski definition) is 1. The Balaban J connectivity index is 1.80. The van der Waals surface area contributed by atoms with E-state index < -0.39 is 23.6 Å². The van der Waals surface area contributed by atoms with Gasteiger partial charge < -0.3 is 14.7 Å². The smallest absolute Gasteiger partial charge is 0.256 e. The molecule has 126 valence electrons. The standard InChI is InChI=1S/C18H17F2NO3/c1-24-14-4-2-3-11(8-14)17(22)18(23)21-6-5-15-12(10-21)7-13(19)9-16(15)20/h2-4,7-9,17,22H,5-6,10H2,1H3. The lowest BCUT2D eigenvalue weighted by Crippen LogP contribution is -2.39. The van der Waals surface area contributed by atoms with Gasteiger partial charge in [-0.1, -0.05) is 12.1 Å². The van der Waals surface area contributed by atoms with Crippen molar-refractivity contribution < 1.29 is 23.4 Å². The molecule has 0 saturated carbocycles. The molecule has 0 saturated heterocycles. The van der Waals surface area contributed by atoms with Gasteiger partial charge in [0.15, 0.2) is 6.10 Å². The Kier molecular flexibility index (Phi) is 4.49. The minimum absolute atomic E-state index is 0.0733. The first-order valence-corrected chi connectivity index (χ1v) is 7.57. The number of hydrogen-bond acceptors (Lipinski definition) is 3. The van der Waals surface area contributed by atoms with E-state index in [0.717, 1.165) is 6.07 Å². The second-order valence-corrected chi connectivity index (χ2v) is 5.71. The van der Waals surface area contributed by atoms with E-state index in [-0.39, 0.29) is 19.5 Å². The van der Waals surface area contributed by atoms with Crippen LogP contribution in [-0.2, 0) is 17.8 Å². The number of aliphatic hydroxyl groups is 1. The van der Waals surface area contributed by atoms with Gasteiger partial charge in [0.2, 0.25) is 0 Å². The predicted octanol–water partition coefficient (Wildman–Crippen LogP) is 2.59. The molecule has 24 heavy (non-hydrogen) atoms. The van der Waals surface area contributed by atoms with Crippen molar-refractivity contribution in [3.63, 3.8) is 0 Å². The number of aliphatic hydroxyl groups excluding tert-OH is 1. The van der Waals surface area contributed by atoms with Crippen LogP contribution in [0.15, 0.2) is 36.4 Å². The Hall–Kier alpha value is -2.47. The minimum Gasteiger partial charge on any atom is -0.497 e. The summed E-state index contributed by atoms with van der Waals surface area (Å²) in [4.78, 5) is 13.9. The number of fused-ring (bicyclic) bond motifs is 1. The van der Waals surface area contributed by atoms with Crippen molar-refractivity contribution in [2.75, 3.05) is 13.7 Å². The van der Waals surface area contributed by atoms with Crippen molar-refractivity contribution in [3.8, 4) is 5.75 Å². The van der Waals surface area contributed by atoms with E-state index in [1.165, 1.54) is 18.1 Å². The van der Waals surface area contributed by atoms with Crippen LogP contribution in [0.25, 0.3) is 0 Å². The number of benzene rings is 2. The number of nitrogens with zero attached hydrogens (tertiary/aromatic N) is 1. The average Bonchev–Trinajstić information content (AvgIpc) is 2.59. The zero-order chi connectivity index (χ0) is 17.3. The van der Waals surface area contributed by atoms with Crippen molar-refractivity contribution in [3.05, 3.63) is 64.7 Å². The van der Waals surface area contributed by atoms with E-state index in [1.807, 2.05) is 0 Å². The van der Waals surface area contributed by atoms with Crippen molar-refractivity contribution >= 4 is 5.91 Å². The maximum absolute atomic E-state index is 13.8. The van der Waals surface area contributed by atoms with E-state index in [9.17, 15) is 18.7 Å². The number of amides is 1. The summed E-state index contributed by atoms with van der Waals surface area (Å²) in [7, 11) is 1.50. The van der Waals surface area contributed by atoms with E-state index in [4.69, 9.17) is 4.74 Å². The van der Waals surface area contributed by atoms with E-state index in [0.29, 0.717) is 22.4 Å². The highest BCUT2D eigenvalue weighted by molar-refractivity contribution is 5.82. The summed E-state index contributed by atoms with van der Waals surface area (Å²) in [6, 6.07) is 8.68. The van der Waals surface area contributed by atoms with E-state index in [1.54, 1.807) is 24.3 Å². The lowest BCUT2D eigenvalue weighted by Gasteiger charge is -2.30. The minimum atomic E-state index is -1.35. The van der Waals surface area contributed by atoms with Crippen LogP contribution in [0.1, 0.15) is 22.8 Å². The van der Waals surface area contributed by atoms with Gasteiger partial charge in [0.25, 0.3) is 5.91 Å². The molecule has 1 aliphatic heterocycles. The fourth-order valence-electron chi connectivity index (χ4n) is 2.92. The molecule has 0 aromatic heterocycles. The summed E-state index contributed by atoms with van der Waals surface area (Å²) in [5, 5.41) is 10.3. The summed E-state index contributed by atoms with van der Waals surface area (Å²) in [5.41, 5.74) is 1.27. The third kappa shape index (κ3) is 3.10. The van der Waals surface area contributed by atoms with Crippen LogP contribution in [0, 0.1) is 11.6 Å². The summed E-state index contributed by atoms with van der Waals surface area (Å²) in [6.07, 6.45) is -1.06. The molecule has 1 N–H and O–H groups in total. The molecule has 0 spiro atoms. The van der Waals surface area contributed by atoms with Crippen molar-refractivity contribution in [2.24, 2.45) is 0 Å². The summed E-state index contributed by atoms with van der Waals surface area (Å²) < 4.78 is 32.2. The first-order chi connectivity index (χ1) is 11.5. The van der Waals surface area contributed by atoms with Gasteiger partial charge in [0.05, 0.1) is 7.11 Å². The van der Waals surface area contributed by atoms with Crippen LogP contribution in [-0.4, -0.2) is 29.6 Å². The number of carbonyl (C=O) groups is 1.